The van der Waals surface area contributed by atoms with Gasteiger partial charge in [-0.15, -0.1) is 0 Å². The van der Waals surface area contributed by atoms with Gasteiger partial charge in [-0.2, -0.15) is 4.31 Å². The molecule has 1 unspecified atom stereocenters. The number of carbonyl (C=O) groups excluding carboxylic acids is 1. The summed E-state index contributed by atoms with van der Waals surface area (Å²) in [6, 6.07) is 14.2. The molecule has 1 saturated heterocycles. The number of carbonyl (C=O) groups is 1. The lowest BCUT2D eigenvalue weighted by molar-refractivity contribution is 0.0951. The van der Waals surface area contributed by atoms with Crippen LogP contribution in [0.25, 0.3) is 0 Å². The standard InChI is InChI=1S/C21H25ClN2O3S/c1-16(17-8-4-2-5-9-17)15-23-21(25)19-14-18(10-11-20(19)22)28(26,27)24-12-6-3-7-13-24/h2,4-5,8-11,14,16H,3,6-7,12-13,15H2,1H3,(H,23,25). The predicted molar refractivity (Wildman–Crippen MR) is 111 cm³/mol. The van der Waals surface area contributed by atoms with Crippen molar-refractivity contribution in [1.82, 2.24) is 9.62 Å². The van der Waals surface area contributed by atoms with Crippen LogP contribution in [0.5, 0.6) is 0 Å². The maximum atomic E-state index is 12.9. The van der Waals surface area contributed by atoms with Gasteiger partial charge in [0.15, 0.2) is 0 Å². The van der Waals surface area contributed by atoms with Gasteiger partial charge < -0.3 is 5.32 Å². The highest BCUT2D eigenvalue weighted by Gasteiger charge is 2.27. The number of rotatable bonds is 6. The average Bonchev–Trinajstić information content (AvgIpc) is 2.73. The van der Waals surface area contributed by atoms with Gasteiger partial charge in [-0.3, -0.25) is 4.79 Å². The monoisotopic (exact) mass is 420 g/mol. The SMILES string of the molecule is CC(CNC(=O)c1cc(S(=O)(=O)N2CCCCC2)ccc1Cl)c1ccccc1. The number of hydrogen-bond acceptors (Lipinski definition) is 3. The van der Waals surface area contributed by atoms with Crippen molar-refractivity contribution in [1.29, 1.82) is 0 Å². The molecule has 150 valence electrons. The molecular weight excluding hydrogens is 396 g/mol. The van der Waals surface area contributed by atoms with E-state index in [1.807, 2.05) is 37.3 Å². The van der Waals surface area contributed by atoms with Crippen LogP contribution in [0.2, 0.25) is 5.02 Å². The first-order valence-electron chi connectivity index (χ1n) is 9.52. The van der Waals surface area contributed by atoms with Gasteiger partial charge in [0.2, 0.25) is 10.0 Å². The number of sulfonamides is 1. The summed E-state index contributed by atoms with van der Waals surface area (Å²) >= 11 is 6.19. The van der Waals surface area contributed by atoms with E-state index < -0.39 is 10.0 Å². The highest BCUT2D eigenvalue weighted by atomic mass is 35.5. The van der Waals surface area contributed by atoms with Crippen molar-refractivity contribution in [2.24, 2.45) is 0 Å². The van der Waals surface area contributed by atoms with Gasteiger partial charge in [0, 0.05) is 19.6 Å². The number of nitrogens with one attached hydrogen (secondary N) is 1. The molecule has 0 aromatic heterocycles. The molecular formula is C21H25ClN2O3S. The Labute approximate surface area is 171 Å². The van der Waals surface area contributed by atoms with E-state index in [1.54, 1.807) is 0 Å². The molecule has 3 rings (SSSR count). The van der Waals surface area contributed by atoms with Gasteiger partial charge >= 0.3 is 0 Å². The third-order valence-electron chi connectivity index (χ3n) is 5.07. The fraction of sp³-hybridized carbons (Fsp3) is 0.381. The first-order valence-corrected chi connectivity index (χ1v) is 11.3. The Morgan fingerprint density at radius 3 is 2.46 bits per heavy atom. The van der Waals surface area contributed by atoms with Crippen LogP contribution in [0, 0.1) is 0 Å². The Morgan fingerprint density at radius 2 is 1.79 bits per heavy atom. The zero-order chi connectivity index (χ0) is 20.1. The Morgan fingerprint density at radius 1 is 1.11 bits per heavy atom. The molecule has 0 aliphatic carbocycles. The molecule has 1 heterocycles. The summed E-state index contributed by atoms with van der Waals surface area (Å²) in [6.45, 7) is 3.49. The lowest BCUT2D eigenvalue weighted by Gasteiger charge is -2.26. The molecule has 1 fully saturated rings. The second-order valence-electron chi connectivity index (χ2n) is 7.13. The summed E-state index contributed by atoms with van der Waals surface area (Å²) in [5.41, 5.74) is 1.30. The van der Waals surface area contributed by atoms with E-state index in [2.05, 4.69) is 5.32 Å². The quantitative estimate of drug-likeness (QED) is 0.766. The van der Waals surface area contributed by atoms with Crippen molar-refractivity contribution in [3.63, 3.8) is 0 Å². The molecule has 0 saturated carbocycles. The minimum atomic E-state index is -3.61. The van der Waals surface area contributed by atoms with E-state index in [4.69, 9.17) is 11.6 Å². The van der Waals surface area contributed by atoms with Crippen LogP contribution in [0.15, 0.2) is 53.4 Å². The summed E-state index contributed by atoms with van der Waals surface area (Å²) in [4.78, 5) is 12.8. The molecule has 1 aliphatic rings. The van der Waals surface area contributed by atoms with E-state index in [0.717, 1.165) is 24.8 Å². The number of halogens is 1. The first kappa shape index (κ1) is 20.8. The van der Waals surface area contributed by atoms with E-state index in [9.17, 15) is 13.2 Å². The minimum Gasteiger partial charge on any atom is -0.351 e. The van der Waals surface area contributed by atoms with E-state index in [0.29, 0.717) is 19.6 Å². The maximum Gasteiger partial charge on any atom is 0.252 e. The van der Waals surface area contributed by atoms with E-state index in [-0.39, 0.29) is 27.3 Å². The summed E-state index contributed by atoms with van der Waals surface area (Å²) < 4.78 is 27.2. The average molecular weight is 421 g/mol. The van der Waals surface area contributed by atoms with Crippen LogP contribution in [0.3, 0.4) is 0 Å². The van der Waals surface area contributed by atoms with Crippen molar-refractivity contribution < 1.29 is 13.2 Å². The zero-order valence-electron chi connectivity index (χ0n) is 15.9. The van der Waals surface area contributed by atoms with Crippen molar-refractivity contribution in [3.05, 3.63) is 64.7 Å². The molecule has 1 N–H and O–H groups in total. The normalized spacial score (nSPS) is 16.5. The van der Waals surface area contributed by atoms with Crippen LogP contribution in [0.4, 0.5) is 0 Å². The van der Waals surface area contributed by atoms with Crippen LogP contribution < -0.4 is 5.32 Å². The van der Waals surface area contributed by atoms with Crippen molar-refractivity contribution in [3.8, 4) is 0 Å². The van der Waals surface area contributed by atoms with E-state index >= 15 is 0 Å². The fourth-order valence-electron chi connectivity index (χ4n) is 3.33. The smallest absolute Gasteiger partial charge is 0.252 e. The van der Waals surface area contributed by atoms with Crippen molar-refractivity contribution in [2.75, 3.05) is 19.6 Å². The van der Waals surface area contributed by atoms with Gasteiger partial charge in [0.05, 0.1) is 15.5 Å². The number of benzene rings is 2. The van der Waals surface area contributed by atoms with Crippen LogP contribution in [-0.4, -0.2) is 38.3 Å². The Hall–Kier alpha value is -1.89. The lowest BCUT2D eigenvalue weighted by Crippen LogP contribution is -2.35. The Kier molecular flexibility index (Phi) is 6.75. The molecule has 28 heavy (non-hydrogen) atoms. The van der Waals surface area contributed by atoms with Crippen LogP contribution >= 0.6 is 11.6 Å². The Bertz CT molecular complexity index is 926. The number of nitrogens with zero attached hydrogens (tertiary/aromatic N) is 1. The summed E-state index contributed by atoms with van der Waals surface area (Å²) in [7, 11) is -3.61. The number of piperidine rings is 1. The first-order chi connectivity index (χ1) is 13.4. The van der Waals surface area contributed by atoms with Crippen molar-refractivity contribution >= 4 is 27.5 Å². The second kappa shape index (κ2) is 9.07. The molecule has 1 aliphatic heterocycles. The number of hydrogen-bond donors (Lipinski definition) is 1. The van der Waals surface area contributed by atoms with E-state index in [1.165, 1.54) is 22.5 Å². The molecule has 1 amide bonds. The number of amides is 1. The highest BCUT2D eigenvalue weighted by Crippen LogP contribution is 2.25. The molecule has 0 radical (unpaired) electrons. The molecule has 0 spiro atoms. The molecule has 5 nitrogen and oxygen atoms in total. The summed E-state index contributed by atoms with van der Waals surface area (Å²) in [5, 5.41) is 3.10. The molecule has 7 heteroatoms. The fourth-order valence-corrected chi connectivity index (χ4v) is 5.08. The van der Waals surface area contributed by atoms with Gasteiger partial charge in [0.1, 0.15) is 0 Å². The minimum absolute atomic E-state index is 0.111. The lowest BCUT2D eigenvalue weighted by atomic mass is 10.0. The topological polar surface area (TPSA) is 66.5 Å². The van der Waals surface area contributed by atoms with Crippen LogP contribution in [-0.2, 0) is 10.0 Å². The summed E-state index contributed by atoms with van der Waals surface area (Å²) in [5.74, 6) is -0.243. The third-order valence-corrected chi connectivity index (χ3v) is 7.30. The molecule has 0 bridgehead atoms. The summed E-state index contributed by atoms with van der Waals surface area (Å²) in [6.07, 6.45) is 2.76. The van der Waals surface area contributed by atoms with Gasteiger partial charge in [-0.1, -0.05) is 55.3 Å². The third kappa shape index (κ3) is 4.74. The van der Waals surface area contributed by atoms with Crippen molar-refractivity contribution in [2.45, 2.75) is 37.0 Å². The van der Waals surface area contributed by atoms with Gasteiger partial charge in [0.25, 0.3) is 5.91 Å². The largest absolute Gasteiger partial charge is 0.351 e. The molecule has 1 atom stereocenters. The molecule has 2 aromatic rings. The van der Waals surface area contributed by atoms with Gasteiger partial charge in [-0.05, 0) is 42.5 Å². The highest BCUT2D eigenvalue weighted by molar-refractivity contribution is 7.89. The predicted octanol–water partition coefficient (Wildman–Crippen LogP) is 4.05. The van der Waals surface area contributed by atoms with Gasteiger partial charge in [-0.25, -0.2) is 8.42 Å². The van der Waals surface area contributed by atoms with Crippen LogP contribution in [0.1, 0.15) is 48.0 Å². The second-order valence-corrected chi connectivity index (χ2v) is 9.47. The maximum absolute atomic E-state index is 12.9. The Balaban J connectivity index is 1.74. The molecule has 2 aromatic carbocycles. The zero-order valence-corrected chi connectivity index (χ0v) is 17.5.